The Morgan fingerprint density at radius 3 is 2.25 bits per heavy atom. The number of ketones is 2. The van der Waals surface area contributed by atoms with Crippen molar-refractivity contribution in [3.63, 3.8) is 0 Å². The van der Waals surface area contributed by atoms with Gasteiger partial charge in [0.1, 0.15) is 0 Å². The lowest BCUT2D eigenvalue weighted by Crippen LogP contribution is -2.21. The summed E-state index contributed by atoms with van der Waals surface area (Å²) in [7, 11) is 1.42. The van der Waals surface area contributed by atoms with E-state index in [1.807, 2.05) is 0 Å². The van der Waals surface area contributed by atoms with E-state index in [9.17, 15) is 22.8 Å². The molecule has 0 amide bonds. The van der Waals surface area contributed by atoms with Gasteiger partial charge in [0.05, 0.1) is 12.1 Å². The molecule has 0 unspecified atom stereocenters. The van der Waals surface area contributed by atoms with E-state index in [0.717, 1.165) is 6.07 Å². The Kier molecular flexibility index (Phi) is 5.16. The summed E-state index contributed by atoms with van der Waals surface area (Å²) in [5, 5.41) is 0. The highest BCUT2D eigenvalue weighted by molar-refractivity contribution is 6.77. The summed E-state index contributed by atoms with van der Waals surface area (Å²) in [6.45, 7) is 0. The average Bonchev–Trinajstić information content (AvgIpc) is 2.64. The van der Waals surface area contributed by atoms with Gasteiger partial charge in [-0.2, -0.15) is 13.2 Å². The van der Waals surface area contributed by atoms with Crippen molar-refractivity contribution < 1.29 is 22.8 Å². The van der Waals surface area contributed by atoms with Gasteiger partial charge in [0.2, 0.25) is 5.78 Å². The number of halogens is 6. The molecule has 9 heteroatoms. The summed E-state index contributed by atoms with van der Waals surface area (Å²) in [5.41, 5.74) is -0.102. The average molecular weight is 351 g/mol. The molecule has 0 saturated heterocycles. The quantitative estimate of drug-likeness (QED) is 0.606. The first-order valence-corrected chi connectivity index (χ1v) is 6.43. The molecule has 1 aromatic rings. The third-order valence-electron chi connectivity index (χ3n) is 2.45. The van der Waals surface area contributed by atoms with E-state index in [-0.39, 0.29) is 11.3 Å². The molecule has 0 aromatic carbocycles. The van der Waals surface area contributed by atoms with E-state index in [0.29, 0.717) is 0 Å². The van der Waals surface area contributed by atoms with Crippen molar-refractivity contribution in [1.29, 1.82) is 0 Å². The Bertz CT molecular complexity index is 532. The maximum absolute atomic E-state index is 12.0. The molecule has 0 N–H and O–H groups in total. The van der Waals surface area contributed by atoms with Crippen LogP contribution in [0.2, 0.25) is 0 Å². The van der Waals surface area contributed by atoms with Gasteiger partial charge in [0.25, 0.3) is 3.79 Å². The number of Topliss-reactive ketones (excluding diaryl/α,β-unsaturated/α-hetero) is 2. The summed E-state index contributed by atoms with van der Waals surface area (Å²) in [4.78, 5) is 23.3. The van der Waals surface area contributed by atoms with Crippen LogP contribution in [0.1, 0.15) is 33.7 Å². The number of carbonyl (C=O) groups is 2. The predicted molar refractivity (Wildman–Crippen MR) is 69.7 cm³/mol. The molecule has 0 aliphatic carbocycles. The monoisotopic (exact) mass is 349 g/mol. The van der Waals surface area contributed by atoms with Crippen LogP contribution in [-0.2, 0) is 7.05 Å². The number of hydrogen-bond acceptors (Lipinski definition) is 2. The highest BCUT2D eigenvalue weighted by Gasteiger charge is 2.34. The van der Waals surface area contributed by atoms with Crippen molar-refractivity contribution in [3.05, 3.63) is 23.5 Å². The third-order valence-corrected chi connectivity index (χ3v) is 2.97. The fourth-order valence-corrected chi connectivity index (χ4v) is 1.78. The molecule has 1 aromatic heterocycles. The minimum absolute atomic E-state index is 0.0330. The van der Waals surface area contributed by atoms with Gasteiger partial charge in [-0.15, -0.1) is 0 Å². The first-order chi connectivity index (χ1) is 8.92. The Morgan fingerprint density at radius 2 is 1.80 bits per heavy atom. The topological polar surface area (TPSA) is 39.1 Å². The second kappa shape index (κ2) is 5.95. The number of rotatable bonds is 4. The van der Waals surface area contributed by atoms with Crippen LogP contribution in [0.25, 0.3) is 0 Å². The molecule has 1 rings (SSSR count). The largest absolute Gasteiger partial charge is 0.389 e. The van der Waals surface area contributed by atoms with Gasteiger partial charge in [0.15, 0.2) is 5.78 Å². The molecule has 0 atom stereocenters. The highest BCUT2D eigenvalue weighted by Crippen LogP contribution is 2.31. The number of aromatic nitrogens is 1. The molecule has 0 aliphatic heterocycles. The molecule has 0 saturated carbocycles. The van der Waals surface area contributed by atoms with Crippen LogP contribution in [0.15, 0.2) is 12.3 Å². The van der Waals surface area contributed by atoms with Crippen LogP contribution in [-0.4, -0.2) is 26.1 Å². The molecule has 0 radical (unpaired) electrons. The number of aryl methyl sites for hydroxylation is 1. The van der Waals surface area contributed by atoms with Gasteiger partial charge < -0.3 is 4.57 Å². The van der Waals surface area contributed by atoms with E-state index in [2.05, 4.69) is 0 Å². The van der Waals surface area contributed by atoms with Gasteiger partial charge in [-0.05, 0) is 6.07 Å². The molecule has 0 aliphatic rings. The molecular weight excluding hydrogens is 341 g/mol. The fraction of sp³-hybridized carbons (Fsp3) is 0.455. The molecule has 20 heavy (non-hydrogen) atoms. The normalized spacial score (nSPS) is 12.6. The van der Waals surface area contributed by atoms with Crippen LogP contribution in [0.5, 0.6) is 0 Å². The van der Waals surface area contributed by atoms with Crippen LogP contribution in [0, 0.1) is 0 Å². The fourth-order valence-electron chi connectivity index (χ4n) is 1.49. The minimum atomic E-state index is -4.42. The van der Waals surface area contributed by atoms with E-state index >= 15 is 0 Å². The molecule has 3 nitrogen and oxygen atoms in total. The third kappa shape index (κ3) is 4.68. The van der Waals surface area contributed by atoms with Crippen LogP contribution < -0.4 is 0 Å². The van der Waals surface area contributed by atoms with Crippen molar-refractivity contribution in [2.24, 2.45) is 7.05 Å². The molecule has 0 fully saturated rings. The van der Waals surface area contributed by atoms with Crippen molar-refractivity contribution in [1.82, 2.24) is 4.57 Å². The SMILES string of the molecule is Cn1cc(C(=O)CCC(F)(F)F)cc1C(=O)C(Cl)(Cl)Cl. The molecule has 0 bridgehead atoms. The smallest absolute Gasteiger partial charge is 0.347 e. The second-order valence-corrected chi connectivity index (χ2v) is 6.37. The zero-order valence-corrected chi connectivity index (χ0v) is 12.4. The van der Waals surface area contributed by atoms with Crippen LogP contribution >= 0.6 is 34.8 Å². The Hall–Kier alpha value is -0.720. The highest BCUT2D eigenvalue weighted by atomic mass is 35.6. The van der Waals surface area contributed by atoms with Gasteiger partial charge in [-0.25, -0.2) is 0 Å². The molecule has 1 heterocycles. The first-order valence-electron chi connectivity index (χ1n) is 5.29. The standard InChI is InChI=1S/C11H9Cl3F3NO2/c1-18-5-6(8(19)2-3-10(15,16)17)4-7(18)9(20)11(12,13)14/h4-5H,2-3H2,1H3. The van der Waals surface area contributed by atoms with Crippen molar-refractivity contribution in [2.45, 2.75) is 22.8 Å². The van der Waals surface area contributed by atoms with Gasteiger partial charge in [0, 0.05) is 25.2 Å². The van der Waals surface area contributed by atoms with Crippen LogP contribution in [0.3, 0.4) is 0 Å². The summed E-state index contributed by atoms with van der Waals surface area (Å²) in [5.74, 6) is -1.60. The van der Waals surface area contributed by atoms with Gasteiger partial charge >= 0.3 is 6.18 Å². The summed E-state index contributed by atoms with van der Waals surface area (Å²) in [6, 6.07) is 1.11. The minimum Gasteiger partial charge on any atom is -0.347 e. The summed E-state index contributed by atoms with van der Waals surface area (Å²) >= 11 is 16.3. The molecule has 112 valence electrons. The zero-order chi connectivity index (χ0) is 15.7. The Balaban J connectivity index is 2.90. The second-order valence-electron chi connectivity index (χ2n) is 4.09. The summed E-state index contributed by atoms with van der Waals surface area (Å²) in [6.07, 6.45) is -5.12. The number of hydrogen-bond donors (Lipinski definition) is 0. The van der Waals surface area contributed by atoms with Crippen molar-refractivity contribution in [3.8, 4) is 0 Å². The lowest BCUT2D eigenvalue weighted by Gasteiger charge is -2.09. The predicted octanol–water partition coefficient (Wildman–Crippen LogP) is 4.10. The van der Waals surface area contributed by atoms with Gasteiger partial charge in [-0.1, -0.05) is 34.8 Å². The van der Waals surface area contributed by atoms with Crippen LogP contribution in [0.4, 0.5) is 13.2 Å². The van der Waals surface area contributed by atoms with Crippen molar-refractivity contribution >= 4 is 46.4 Å². The Morgan fingerprint density at radius 1 is 1.25 bits per heavy atom. The lowest BCUT2D eigenvalue weighted by molar-refractivity contribution is -0.133. The van der Waals surface area contributed by atoms with Crippen molar-refractivity contribution in [2.75, 3.05) is 0 Å². The van der Waals surface area contributed by atoms with Gasteiger partial charge in [-0.3, -0.25) is 9.59 Å². The number of nitrogens with zero attached hydrogens (tertiary/aromatic N) is 1. The van der Waals surface area contributed by atoms with E-state index < -0.39 is 34.4 Å². The van der Waals surface area contributed by atoms with E-state index in [1.54, 1.807) is 0 Å². The maximum atomic E-state index is 12.0. The molecular formula is C11H9Cl3F3NO2. The van der Waals surface area contributed by atoms with E-state index in [4.69, 9.17) is 34.8 Å². The molecule has 0 spiro atoms. The van der Waals surface area contributed by atoms with E-state index in [1.165, 1.54) is 17.8 Å². The lowest BCUT2D eigenvalue weighted by atomic mass is 10.1. The maximum Gasteiger partial charge on any atom is 0.389 e. The first kappa shape index (κ1) is 17.3. The Labute approximate surface area is 127 Å². The number of carbonyl (C=O) groups excluding carboxylic acids is 2. The zero-order valence-electron chi connectivity index (χ0n) is 10.1. The number of alkyl halides is 6. The summed E-state index contributed by atoms with van der Waals surface area (Å²) < 4.78 is 35.1.